The van der Waals surface area contributed by atoms with Crippen LogP contribution < -0.4 is 10.6 Å². The van der Waals surface area contributed by atoms with Gasteiger partial charge in [-0.3, -0.25) is 14.9 Å². The van der Waals surface area contributed by atoms with Crippen molar-refractivity contribution >= 4 is 34.0 Å². The molecule has 1 aromatic carbocycles. The van der Waals surface area contributed by atoms with Gasteiger partial charge in [0.15, 0.2) is 5.13 Å². The Hall–Kier alpha value is -2.21. The van der Waals surface area contributed by atoms with Gasteiger partial charge in [0, 0.05) is 22.5 Å². The second-order valence-electron chi connectivity index (χ2n) is 4.97. The van der Waals surface area contributed by atoms with E-state index in [1.54, 1.807) is 24.3 Å². The molecule has 0 fully saturated rings. The van der Waals surface area contributed by atoms with Crippen LogP contribution in [0.5, 0.6) is 0 Å². The maximum Gasteiger partial charge on any atom is 0.257 e. The normalized spacial score (nSPS) is 10.5. The quantitative estimate of drug-likeness (QED) is 0.910. The lowest BCUT2D eigenvalue weighted by molar-refractivity contribution is -0.118. The lowest BCUT2D eigenvalue weighted by atomic mass is 10.1. The molecule has 0 atom stereocenters. The monoisotopic (exact) mass is 303 g/mol. The SMILES string of the molecule is Cc1csc(NC(=O)c2ccc(NC(=O)C(C)C)cc2)n1. The van der Waals surface area contributed by atoms with Crippen molar-refractivity contribution in [3.05, 3.63) is 40.9 Å². The molecule has 2 aromatic rings. The molecule has 5 nitrogen and oxygen atoms in total. The van der Waals surface area contributed by atoms with Crippen molar-refractivity contribution in [3.63, 3.8) is 0 Å². The molecule has 0 bridgehead atoms. The van der Waals surface area contributed by atoms with Crippen LogP contribution >= 0.6 is 11.3 Å². The first-order valence-electron chi connectivity index (χ1n) is 6.60. The van der Waals surface area contributed by atoms with E-state index < -0.39 is 0 Å². The van der Waals surface area contributed by atoms with Crippen LogP contribution in [0.4, 0.5) is 10.8 Å². The summed E-state index contributed by atoms with van der Waals surface area (Å²) in [4.78, 5) is 27.8. The average Bonchev–Trinajstić information content (AvgIpc) is 2.84. The number of nitrogens with one attached hydrogen (secondary N) is 2. The van der Waals surface area contributed by atoms with Crippen LogP contribution in [0.25, 0.3) is 0 Å². The number of hydrogen-bond acceptors (Lipinski definition) is 4. The number of anilines is 2. The lowest BCUT2D eigenvalue weighted by Crippen LogP contribution is -2.18. The Bertz CT molecular complexity index is 647. The highest BCUT2D eigenvalue weighted by Gasteiger charge is 2.10. The van der Waals surface area contributed by atoms with Gasteiger partial charge in [-0.05, 0) is 31.2 Å². The third-order valence-electron chi connectivity index (χ3n) is 2.78. The summed E-state index contributed by atoms with van der Waals surface area (Å²) in [6, 6.07) is 6.77. The Morgan fingerprint density at radius 1 is 1.14 bits per heavy atom. The highest BCUT2D eigenvalue weighted by atomic mass is 32.1. The van der Waals surface area contributed by atoms with E-state index in [1.165, 1.54) is 11.3 Å². The second kappa shape index (κ2) is 6.49. The van der Waals surface area contributed by atoms with Crippen LogP contribution in [-0.4, -0.2) is 16.8 Å². The number of rotatable bonds is 4. The minimum atomic E-state index is -0.217. The van der Waals surface area contributed by atoms with Gasteiger partial charge in [0.05, 0.1) is 5.69 Å². The number of carbonyl (C=O) groups excluding carboxylic acids is 2. The van der Waals surface area contributed by atoms with E-state index in [-0.39, 0.29) is 17.7 Å². The molecule has 6 heteroatoms. The zero-order chi connectivity index (χ0) is 15.4. The van der Waals surface area contributed by atoms with Crippen LogP contribution in [0.2, 0.25) is 0 Å². The Morgan fingerprint density at radius 2 is 1.81 bits per heavy atom. The molecule has 0 aliphatic heterocycles. The molecule has 0 aliphatic carbocycles. The van der Waals surface area contributed by atoms with Crippen LogP contribution in [0.3, 0.4) is 0 Å². The van der Waals surface area contributed by atoms with Gasteiger partial charge in [-0.2, -0.15) is 0 Å². The maximum atomic E-state index is 12.0. The van der Waals surface area contributed by atoms with E-state index in [0.717, 1.165) is 5.69 Å². The molecule has 21 heavy (non-hydrogen) atoms. The molecule has 110 valence electrons. The summed E-state index contributed by atoms with van der Waals surface area (Å²) in [5.74, 6) is -0.349. The van der Waals surface area contributed by atoms with Crippen molar-refractivity contribution in [1.82, 2.24) is 4.98 Å². The van der Waals surface area contributed by atoms with Crippen LogP contribution in [0, 0.1) is 12.8 Å². The van der Waals surface area contributed by atoms with Crippen molar-refractivity contribution in [1.29, 1.82) is 0 Å². The van der Waals surface area contributed by atoms with Gasteiger partial charge in [-0.15, -0.1) is 11.3 Å². The van der Waals surface area contributed by atoms with E-state index in [1.807, 2.05) is 26.2 Å². The standard InChI is InChI=1S/C15H17N3O2S/c1-9(2)13(19)17-12-6-4-11(5-7-12)14(20)18-15-16-10(3)8-21-15/h4-9H,1-3H3,(H,17,19)(H,16,18,20). The van der Waals surface area contributed by atoms with E-state index in [0.29, 0.717) is 16.4 Å². The topological polar surface area (TPSA) is 71.1 Å². The van der Waals surface area contributed by atoms with E-state index >= 15 is 0 Å². The summed E-state index contributed by atoms with van der Waals surface area (Å²) < 4.78 is 0. The molecule has 0 saturated carbocycles. The number of aryl methyl sites for hydroxylation is 1. The zero-order valence-corrected chi connectivity index (χ0v) is 13.0. The minimum absolute atomic E-state index is 0.0505. The fourth-order valence-corrected chi connectivity index (χ4v) is 2.26. The van der Waals surface area contributed by atoms with E-state index in [9.17, 15) is 9.59 Å². The molecule has 0 aliphatic rings. The Kier molecular flexibility index (Phi) is 4.70. The predicted octanol–water partition coefficient (Wildman–Crippen LogP) is 3.30. The summed E-state index contributed by atoms with van der Waals surface area (Å²) in [5, 5.41) is 7.97. The molecule has 2 N–H and O–H groups in total. The largest absolute Gasteiger partial charge is 0.326 e. The first-order chi connectivity index (χ1) is 9.95. The molecule has 2 rings (SSSR count). The summed E-state index contributed by atoms with van der Waals surface area (Å²) in [5.41, 5.74) is 2.07. The molecule has 0 saturated heterocycles. The zero-order valence-electron chi connectivity index (χ0n) is 12.1. The molecule has 0 unspecified atom stereocenters. The average molecular weight is 303 g/mol. The first-order valence-corrected chi connectivity index (χ1v) is 7.48. The van der Waals surface area contributed by atoms with E-state index in [4.69, 9.17) is 0 Å². The van der Waals surface area contributed by atoms with Gasteiger partial charge in [0.1, 0.15) is 0 Å². The summed E-state index contributed by atoms with van der Waals surface area (Å²) >= 11 is 1.39. The van der Waals surface area contributed by atoms with Crippen molar-refractivity contribution in [3.8, 4) is 0 Å². The Morgan fingerprint density at radius 3 is 2.33 bits per heavy atom. The maximum absolute atomic E-state index is 12.0. The molecule has 1 heterocycles. The van der Waals surface area contributed by atoms with Crippen molar-refractivity contribution in [2.75, 3.05) is 10.6 Å². The Labute approximate surface area is 127 Å². The van der Waals surface area contributed by atoms with Crippen LogP contribution in [-0.2, 0) is 4.79 Å². The molecule has 0 radical (unpaired) electrons. The highest BCUT2D eigenvalue weighted by molar-refractivity contribution is 7.13. The fraction of sp³-hybridized carbons (Fsp3) is 0.267. The lowest BCUT2D eigenvalue weighted by Gasteiger charge is -2.08. The summed E-state index contributed by atoms with van der Waals surface area (Å²) in [6.45, 7) is 5.53. The van der Waals surface area contributed by atoms with Crippen molar-refractivity contribution in [2.24, 2.45) is 5.92 Å². The van der Waals surface area contributed by atoms with Crippen molar-refractivity contribution in [2.45, 2.75) is 20.8 Å². The van der Waals surface area contributed by atoms with Crippen LogP contribution in [0.15, 0.2) is 29.6 Å². The summed E-state index contributed by atoms with van der Waals surface area (Å²) in [6.07, 6.45) is 0. The van der Waals surface area contributed by atoms with Crippen molar-refractivity contribution < 1.29 is 9.59 Å². The number of amides is 2. The third kappa shape index (κ3) is 4.13. The molecule has 2 amide bonds. The first kappa shape index (κ1) is 15.2. The molecule has 1 aromatic heterocycles. The molecular weight excluding hydrogens is 286 g/mol. The molecular formula is C15H17N3O2S. The van der Waals surface area contributed by atoms with Gasteiger partial charge in [0.2, 0.25) is 5.91 Å². The second-order valence-corrected chi connectivity index (χ2v) is 5.83. The van der Waals surface area contributed by atoms with Crippen LogP contribution in [0.1, 0.15) is 29.9 Å². The van der Waals surface area contributed by atoms with Gasteiger partial charge >= 0.3 is 0 Å². The third-order valence-corrected chi connectivity index (χ3v) is 3.65. The fourth-order valence-electron chi connectivity index (χ4n) is 1.57. The predicted molar refractivity (Wildman–Crippen MR) is 84.7 cm³/mol. The number of benzene rings is 1. The van der Waals surface area contributed by atoms with Gasteiger partial charge in [0.25, 0.3) is 5.91 Å². The number of carbonyl (C=O) groups is 2. The smallest absolute Gasteiger partial charge is 0.257 e. The number of nitrogens with zero attached hydrogens (tertiary/aromatic N) is 1. The molecule has 0 spiro atoms. The van der Waals surface area contributed by atoms with E-state index in [2.05, 4.69) is 15.6 Å². The number of hydrogen-bond donors (Lipinski definition) is 2. The number of thiazole rings is 1. The number of aromatic nitrogens is 1. The van der Waals surface area contributed by atoms with Gasteiger partial charge in [-0.1, -0.05) is 13.8 Å². The van der Waals surface area contributed by atoms with Gasteiger partial charge in [-0.25, -0.2) is 4.98 Å². The Balaban J connectivity index is 2.01. The minimum Gasteiger partial charge on any atom is -0.326 e. The summed E-state index contributed by atoms with van der Waals surface area (Å²) in [7, 11) is 0. The highest BCUT2D eigenvalue weighted by Crippen LogP contribution is 2.17. The van der Waals surface area contributed by atoms with Gasteiger partial charge < -0.3 is 5.32 Å².